The second kappa shape index (κ2) is 3.30. The highest BCUT2D eigenvalue weighted by Crippen LogP contribution is 2.04. The third kappa shape index (κ3) is 1.69. The lowest BCUT2D eigenvalue weighted by atomic mass is 10.5. The smallest absolute Gasteiger partial charge is 0.430 e. The molecule has 1 aromatic rings. The van der Waals surface area contributed by atoms with E-state index in [-0.39, 0.29) is 0 Å². The van der Waals surface area contributed by atoms with Crippen LogP contribution in [0.1, 0.15) is 5.76 Å². The van der Waals surface area contributed by atoms with E-state index in [0.29, 0.717) is 18.9 Å². The Bertz CT molecular complexity index is 318. The average Bonchev–Trinajstić information content (AvgIpc) is 2.72. The summed E-state index contributed by atoms with van der Waals surface area (Å²) in [5.41, 5.74) is 0. The second-order valence-electron chi connectivity index (χ2n) is 2.50. The molecule has 1 aromatic heterocycles. The number of ether oxygens (including phenoxy) is 1. The number of furan rings is 1. The summed E-state index contributed by atoms with van der Waals surface area (Å²) in [7, 11) is 0. The predicted octanol–water partition coefficient (Wildman–Crippen LogP) is 1.07. The maximum atomic E-state index is 10.9. The van der Waals surface area contributed by atoms with Crippen molar-refractivity contribution in [1.82, 2.24) is 5.01 Å². The molecule has 1 amide bonds. The molecule has 0 bridgehead atoms. The van der Waals surface area contributed by atoms with Gasteiger partial charge in [-0.3, -0.25) is 0 Å². The van der Waals surface area contributed by atoms with E-state index in [4.69, 9.17) is 4.42 Å². The Morgan fingerprint density at radius 3 is 3.15 bits per heavy atom. The fraction of sp³-hybridized carbons (Fsp3) is 0.250. The third-order valence-electron chi connectivity index (χ3n) is 1.61. The molecule has 0 N–H and O–H groups in total. The van der Waals surface area contributed by atoms with Gasteiger partial charge in [0.2, 0.25) is 0 Å². The number of cyclic esters (lactones) is 1. The van der Waals surface area contributed by atoms with Gasteiger partial charge in [-0.05, 0) is 12.1 Å². The van der Waals surface area contributed by atoms with Crippen LogP contribution in [0.2, 0.25) is 0 Å². The average molecular weight is 180 g/mol. The monoisotopic (exact) mass is 180 g/mol. The first-order chi connectivity index (χ1) is 6.36. The van der Waals surface area contributed by atoms with Crippen molar-refractivity contribution < 1.29 is 13.9 Å². The first-order valence-electron chi connectivity index (χ1n) is 3.88. The second-order valence-corrected chi connectivity index (χ2v) is 2.50. The Hall–Kier alpha value is -1.78. The summed E-state index contributed by atoms with van der Waals surface area (Å²) in [5.74, 6) is 0.611. The molecule has 0 radical (unpaired) electrons. The summed E-state index contributed by atoms with van der Waals surface area (Å²) in [4.78, 5) is 10.9. The first-order valence-corrected chi connectivity index (χ1v) is 3.88. The summed E-state index contributed by atoms with van der Waals surface area (Å²) < 4.78 is 9.68. The van der Waals surface area contributed by atoms with Crippen LogP contribution in [0.3, 0.4) is 0 Å². The molecule has 2 heterocycles. The van der Waals surface area contributed by atoms with Gasteiger partial charge in [0.25, 0.3) is 0 Å². The number of nitrogens with zero attached hydrogens (tertiary/aromatic N) is 2. The lowest BCUT2D eigenvalue weighted by Crippen LogP contribution is -2.17. The Morgan fingerprint density at radius 2 is 2.54 bits per heavy atom. The normalized spacial score (nSPS) is 16.9. The van der Waals surface area contributed by atoms with Crippen molar-refractivity contribution in [3.63, 3.8) is 0 Å². The lowest BCUT2D eigenvalue weighted by molar-refractivity contribution is 0.159. The van der Waals surface area contributed by atoms with Crippen LogP contribution < -0.4 is 0 Å². The zero-order valence-electron chi connectivity index (χ0n) is 6.84. The molecule has 1 aliphatic heterocycles. The van der Waals surface area contributed by atoms with Crippen molar-refractivity contribution in [1.29, 1.82) is 0 Å². The highest BCUT2D eigenvalue weighted by Gasteiger charge is 2.20. The van der Waals surface area contributed by atoms with Gasteiger partial charge >= 0.3 is 6.09 Å². The van der Waals surface area contributed by atoms with Crippen molar-refractivity contribution in [2.75, 3.05) is 13.2 Å². The van der Waals surface area contributed by atoms with E-state index in [1.165, 1.54) is 11.2 Å². The van der Waals surface area contributed by atoms with Crippen LogP contribution in [0.15, 0.2) is 27.9 Å². The van der Waals surface area contributed by atoms with Crippen molar-refractivity contribution in [2.24, 2.45) is 5.10 Å². The number of amides is 1. The molecule has 5 nitrogen and oxygen atoms in total. The minimum atomic E-state index is -0.414. The minimum Gasteiger partial charge on any atom is -0.463 e. The van der Waals surface area contributed by atoms with Crippen LogP contribution in [0.5, 0.6) is 0 Å². The largest absolute Gasteiger partial charge is 0.463 e. The summed E-state index contributed by atoms with van der Waals surface area (Å²) in [6.07, 6.45) is 2.61. The van der Waals surface area contributed by atoms with Crippen LogP contribution in [-0.4, -0.2) is 30.5 Å². The molecule has 68 valence electrons. The molecule has 5 heteroatoms. The number of carbonyl (C=O) groups is 1. The Kier molecular flexibility index (Phi) is 1.99. The maximum absolute atomic E-state index is 10.9. The van der Waals surface area contributed by atoms with Crippen molar-refractivity contribution in [2.45, 2.75) is 0 Å². The highest BCUT2D eigenvalue weighted by atomic mass is 16.6. The van der Waals surface area contributed by atoms with E-state index in [1.54, 1.807) is 18.4 Å². The van der Waals surface area contributed by atoms with Crippen molar-refractivity contribution >= 4 is 12.3 Å². The first kappa shape index (κ1) is 7.85. The van der Waals surface area contributed by atoms with E-state index in [1.807, 2.05) is 0 Å². The highest BCUT2D eigenvalue weighted by molar-refractivity contribution is 5.78. The van der Waals surface area contributed by atoms with E-state index in [9.17, 15) is 4.79 Å². The molecule has 0 unspecified atom stereocenters. The SMILES string of the molecule is O=C1OCCN1/N=C\c1ccco1. The summed E-state index contributed by atoms with van der Waals surface area (Å²) in [6, 6.07) is 3.51. The van der Waals surface area contributed by atoms with Crippen LogP contribution in [0.25, 0.3) is 0 Å². The molecule has 13 heavy (non-hydrogen) atoms. The third-order valence-corrected chi connectivity index (χ3v) is 1.61. The van der Waals surface area contributed by atoms with Gasteiger partial charge in [-0.25, -0.2) is 4.79 Å². The Morgan fingerprint density at radius 1 is 1.62 bits per heavy atom. The molecule has 0 aromatic carbocycles. The number of rotatable bonds is 2. The van der Waals surface area contributed by atoms with Gasteiger partial charge in [-0.1, -0.05) is 0 Å². The molecule has 0 spiro atoms. The van der Waals surface area contributed by atoms with E-state index >= 15 is 0 Å². The van der Waals surface area contributed by atoms with Gasteiger partial charge in [-0.2, -0.15) is 10.1 Å². The number of hydrazone groups is 1. The van der Waals surface area contributed by atoms with Crippen LogP contribution in [0, 0.1) is 0 Å². The number of hydrogen-bond acceptors (Lipinski definition) is 4. The summed E-state index contributed by atoms with van der Waals surface area (Å²) >= 11 is 0. The molecule has 1 fully saturated rings. The molecular formula is C8H8N2O3. The quantitative estimate of drug-likeness (QED) is 0.639. The van der Waals surface area contributed by atoms with Gasteiger partial charge in [0, 0.05) is 0 Å². The minimum absolute atomic E-state index is 0.397. The van der Waals surface area contributed by atoms with Gasteiger partial charge in [0.05, 0.1) is 19.0 Å². The summed E-state index contributed by atoms with van der Waals surface area (Å²) in [6.45, 7) is 0.893. The fourth-order valence-corrected chi connectivity index (χ4v) is 0.981. The fourth-order valence-electron chi connectivity index (χ4n) is 0.981. The molecular weight excluding hydrogens is 172 g/mol. The Balaban J connectivity index is 2.01. The van der Waals surface area contributed by atoms with E-state index in [0.717, 1.165) is 0 Å². The van der Waals surface area contributed by atoms with Crippen molar-refractivity contribution in [3.8, 4) is 0 Å². The molecule has 0 saturated carbocycles. The molecule has 1 aliphatic rings. The predicted molar refractivity (Wildman–Crippen MR) is 44.4 cm³/mol. The van der Waals surface area contributed by atoms with Crippen LogP contribution in [-0.2, 0) is 4.74 Å². The molecule has 1 saturated heterocycles. The molecule has 0 aliphatic carbocycles. The van der Waals surface area contributed by atoms with Gasteiger partial charge < -0.3 is 9.15 Å². The van der Waals surface area contributed by atoms with E-state index < -0.39 is 6.09 Å². The topological polar surface area (TPSA) is 55.0 Å². The van der Waals surface area contributed by atoms with Crippen molar-refractivity contribution in [3.05, 3.63) is 24.2 Å². The molecule has 0 atom stereocenters. The zero-order valence-corrected chi connectivity index (χ0v) is 6.84. The Labute approximate surface area is 74.6 Å². The van der Waals surface area contributed by atoms with Gasteiger partial charge in [-0.15, -0.1) is 0 Å². The van der Waals surface area contributed by atoms with Crippen LogP contribution in [0.4, 0.5) is 4.79 Å². The van der Waals surface area contributed by atoms with E-state index in [2.05, 4.69) is 9.84 Å². The standard InChI is InChI=1S/C8H8N2O3/c11-8-10(3-5-13-8)9-6-7-2-1-4-12-7/h1-2,4,6H,3,5H2/b9-6-. The molecule has 2 rings (SSSR count). The lowest BCUT2D eigenvalue weighted by Gasteiger charge is -2.01. The summed E-state index contributed by atoms with van der Waals surface area (Å²) in [5, 5.41) is 5.14. The number of hydrogen-bond donors (Lipinski definition) is 0. The zero-order chi connectivity index (χ0) is 9.10. The van der Waals surface area contributed by atoms with Gasteiger partial charge in [0.1, 0.15) is 12.4 Å². The number of carbonyl (C=O) groups excluding carboxylic acids is 1. The maximum Gasteiger partial charge on any atom is 0.430 e. The van der Waals surface area contributed by atoms with Gasteiger partial charge in [0.15, 0.2) is 0 Å². The van der Waals surface area contributed by atoms with Crippen LogP contribution >= 0.6 is 0 Å².